The van der Waals surface area contributed by atoms with Gasteiger partial charge in [-0.25, -0.2) is 0 Å². The van der Waals surface area contributed by atoms with E-state index < -0.39 is 30.4 Å². The number of amides is 2. The van der Waals surface area contributed by atoms with E-state index in [1.165, 1.54) is 20.0 Å². The Kier molecular flexibility index (Phi) is 4.65. The first-order valence-electron chi connectivity index (χ1n) is 5.35. The van der Waals surface area contributed by atoms with Crippen LogP contribution in [-0.2, 0) is 14.3 Å². The summed E-state index contributed by atoms with van der Waals surface area (Å²) in [6.45, 7) is 1.29. The van der Waals surface area contributed by atoms with Crippen molar-refractivity contribution < 1.29 is 24.5 Å². The highest BCUT2D eigenvalue weighted by atomic mass is 16.6. The summed E-state index contributed by atoms with van der Waals surface area (Å²) in [6, 6.07) is -1.54. The fourth-order valence-corrected chi connectivity index (χ4v) is 1.67. The molecule has 0 aromatic heterocycles. The van der Waals surface area contributed by atoms with Crippen molar-refractivity contribution in [2.24, 2.45) is 5.73 Å². The Morgan fingerprint density at radius 1 is 1.50 bits per heavy atom. The third kappa shape index (κ3) is 3.19. The molecular weight excluding hydrogens is 242 g/mol. The van der Waals surface area contributed by atoms with Crippen molar-refractivity contribution in [2.75, 3.05) is 7.05 Å². The Hall–Kier alpha value is -1.64. The maximum Gasteiger partial charge on any atom is 0.263 e. The Morgan fingerprint density at radius 3 is 2.56 bits per heavy atom. The first-order chi connectivity index (χ1) is 8.36. The molecule has 0 radical (unpaired) electrons. The second kappa shape index (κ2) is 5.80. The third-order valence-corrected chi connectivity index (χ3v) is 2.49. The van der Waals surface area contributed by atoms with E-state index in [1.807, 2.05) is 0 Å². The van der Waals surface area contributed by atoms with Gasteiger partial charge in [0.15, 0.2) is 11.9 Å². The number of likely N-dealkylation sites (N-methyl/N-ethyl adjacent to an activating group) is 1. The zero-order valence-corrected chi connectivity index (χ0v) is 10.1. The van der Waals surface area contributed by atoms with Crippen molar-refractivity contribution in [1.82, 2.24) is 10.6 Å². The molecule has 0 aromatic rings. The van der Waals surface area contributed by atoms with Gasteiger partial charge in [-0.15, -0.1) is 0 Å². The van der Waals surface area contributed by atoms with E-state index in [9.17, 15) is 9.59 Å². The normalized spacial score (nSPS) is 27.2. The van der Waals surface area contributed by atoms with Crippen molar-refractivity contribution in [1.29, 1.82) is 0 Å². The highest BCUT2D eigenvalue weighted by Crippen LogP contribution is 2.19. The van der Waals surface area contributed by atoms with Gasteiger partial charge in [-0.2, -0.15) is 0 Å². The number of nitrogens with one attached hydrogen (secondary N) is 2. The molecule has 1 rings (SSSR count). The van der Waals surface area contributed by atoms with Crippen molar-refractivity contribution >= 4 is 11.8 Å². The molecule has 0 spiro atoms. The summed E-state index contributed by atoms with van der Waals surface area (Å²) < 4.78 is 5.14. The molecule has 0 aliphatic carbocycles. The number of carbonyl (C=O) groups is 2. The predicted octanol–water partition coefficient (Wildman–Crippen LogP) is -2.84. The summed E-state index contributed by atoms with van der Waals surface area (Å²) in [4.78, 5) is 22.7. The zero-order valence-electron chi connectivity index (χ0n) is 10.1. The molecule has 0 unspecified atom stereocenters. The first kappa shape index (κ1) is 14.4. The highest BCUT2D eigenvalue weighted by Gasteiger charge is 2.39. The molecule has 0 saturated carbocycles. The summed E-state index contributed by atoms with van der Waals surface area (Å²) in [5.74, 6) is -1.09. The van der Waals surface area contributed by atoms with Crippen molar-refractivity contribution in [3.8, 4) is 0 Å². The average Bonchev–Trinajstić information content (AvgIpc) is 2.29. The van der Waals surface area contributed by atoms with Crippen LogP contribution in [-0.4, -0.2) is 53.6 Å². The average molecular weight is 259 g/mol. The first-order valence-corrected chi connectivity index (χ1v) is 5.35. The monoisotopic (exact) mass is 259 g/mol. The molecule has 1 aliphatic heterocycles. The molecule has 1 aliphatic rings. The molecular formula is C10H17N3O5. The minimum absolute atomic E-state index is 0.210. The molecule has 0 fully saturated rings. The maximum atomic E-state index is 11.6. The lowest BCUT2D eigenvalue weighted by Gasteiger charge is -2.35. The molecule has 18 heavy (non-hydrogen) atoms. The molecule has 6 N–H and O–H groups in total. The predicted molar refractivity (Wildman–Crippen MR) is 60.8 cm³/mol. The molecule has 3 atom stereocenters. The lowest BCUT2D eigenvalue weighted by Crippen LogP contribution is -2.60. The van der Waals surface area contributed by atoms with Gasteiger partial charge in [0.25, 0.3) is 5.91 Å². The fourth-order valence-electron chi connectivity index (χ4n) is 1.67. The van der Waals surface area contributed by atoms with E-state index in [-0.39, 0.29) is 11.7 Å². The van der Waals surface area contributed by atoms with Crippen LogP contribution in [0, 0.1) is 0 Å². The number of hydrogen-bond acceptors (Lipinski definition) is 6. The Bertz CT molecular complexity index is 369. The van der Waals surface area contributed by atoms with Gasteiger partial charge in [-0.3, -0.25) is 9.59 Å². The molecule has 1 heterocycles. The quantitative estimate of drug-likeness (QED) is 0.347. The van der Waals surface area contributed by atoms with Crippen LogP contribution in [0.15, 0.2) is 11.8 Å². The van der Waals surface area contributed by atoms with Gasteiger partial charge in [0.1, 0.15) is 0 Å². The molecule has 0 saturated heterocycles. The number of ether oxygens (including phenoxy) is 1. The van der Waals surface area contributed by atoms with Crippen LogP contribution in [0.2, 0.25) is 0 Å². The number of nitrogens with two attached hydrogens (primary N) is 1. The van der Waals surface area contributed by atoms with E-state index in [0.717, 1.165) is 0 Å². The van der Waals surface area contributed by atoms with Crippen molar-refractivity contribution in [3.05, 3.63) is 11.8 Å². The Morgan fingerprint density at radius 2 is 2.11 bits per heavy atom. The largest absolute Gasteiger partial charge is 0.478 e. The molecule has 8 nitrogen and oxygen atoms in total. The van der Waals surface area contributed by atoms with Crippen LogP contribution >= 0.6 is 0 Å². The minimum atomic E-state index is -1.86. The minimum Gasteiger partial charge on any atom is -0.478 e. The van der Waals surface area contributed by atoms with Gasteiger partial charge in [0.2, 0.25) is 12.2 Å². The maximum absolute atomic E-state index is 11.6. The molecule has 102 valence electrons. The molecule has 0 aromatic carbocycles. The lowest BCUT2D eigenvalue weighted by molar-refractivity contribution is -0.139. The highest BCUT2D eigenvalue weighted by molar-refractivity contribution is 5.83. The van der Waals surface area contributed by atoms with Gasteiger partial charge in [-0.05, 0) is 6.08 Å². The standard InChI is InChI=1S/C10H17N3O5/c1-4(14)13-7-5(11)3-6(10(16)17)18-8(7)9(15)12-2/h3,5,7-8,10,16-17H,11H2,1-2H3,(H,12,15)(H,13,14)/t5-,7+,8+/m0/s1. The molecule has 0 bridgehead atoms. The van der Waals surface area contributed by atoms with E-state index in [1.54, 1.807) is 0 Å². The lowest BCUT2D eigenvalue weighted by atomic mass is 9.98. The number of carbonyl (C=O) groups excluding carboxylic acids is 2. The van der Waals surface area contributed by atoms with Crippen LogP contribution in [0.4, 0.5) is 0 Å². The van der Waals surface area contributed by atoms with Gasteiger partial charge >= 0.3 is 0 Å². The number of aliphatic hydroxyl groups excluding tert-OH is 1. The number of hydrogen-bond donors (Lipinski definition) is 5. The van der Waals surface area contributed by atoms with Crippen LogP contribution < -0.4 is 16.4 Å². The van der Waals surface area contributed by atoms with E-state index in [4.69, 9.17) is 20.7 Å². The Labute approximate surface area is 104 Å². The van der Waals surface area contributed by atoms with Crippen LogP contribution in [0.25, 0.3) is 0 Å². The van der Waals surface area contributed by atoms with Crippen LogP contribution in [0.3, 0.4) is 0 Å². The summed E-state index contributed by atoms with van der Waals surface area (Å²) in [5.41, 5.74) is 5.77. The summed E-state index contributed by atoms with van der Waals surface area (Å²) in [5, 5.41) is 22.9. The van der Waals surface area contributed by atoms with E-state index >= 15 is 0 Å². The van der Waals surface area contributed by atoms with E-state index in [2.05, 4.69) is 10.6 Å². The van der Waals surface area contributed by atoms with Gasteiger partial charge in [0.05, 0.1) is 12.1 Å². The number of aliphatic hydroxyl groups is 2. The van der Waals surface area contributed by atoms with Crippen LogP contribution in [0.5, 0.6) is 0 Å². The topological polar surface area (TPSA) is 134 Å². The Balaban J connectivity index is 2.98. The van der Waals surface area contributed by atoms with E-state index in [0.29, 0.717) is 0 Å². The summed E-state index contributed by atoms with van der Waals surface area (Å²) in [7, 11) is 1.40. The molecule has 8 heteroatoms. The second-order valence-electron chi connectivity index (χ2n) is 3.90. The van der Waals surface area contributed by atoms with Gasteiger partial charge < -0.3 is 31.3 Å². The zero-order chi connectivity index (χ0) is 13.9. The van der Waals surface area contributed by atoms with Crippen LogP contribution in [0.1, 0.15) is 6.92 Å². The number of rotatable bonds is 3. The molecule has 2 amide bonds. The van der Waals surface area contributed by atoms with Crippen molar-refractivity contribution in [2.45, 2.75) is 31.4 Å². The summed E-state index contributed by atoms with van der Waals surface area (Å²) >= 11 is 0. The third-order valence-electron chi connectivity index (χ3n) is 2.49. The SMILES string of the molecule is CNC(=O)[C@@H]1OC(C(O)O)=C[C@H](N)[C@H]1NC(C)=O. The summed E-state index contributed by atoms with van der Waals surface area (Å²) in [6.07, 6.45) is -1.72. The van der Waals surface area contributed by atoms with Gasteiger partial charge in [0, 0.05) is 14.0 Å². The smallest absolute Gasteiger partial charge is 0.263 e. The second-order valence-corrected chi connectivity index (χ2v) is 3.90. The van der Waals surface area contributed by atoms with Crippen molar-refractivity contribution in [3.63, 3.8) is 0 Å². The fraction of sp³-hybridized carbons (Fsp3) is 0.600. The van der Waals surface area contributed by atoms with Gasteiger partial charge in [-0.1, -0.05) is 0 Å².